The van der Waals surface area contributed by atoms with Gasteiger partial charge in [0.15, 0.2) is 0 Å². The Labute approximate surface area is 98.8 Å². The van der Waals surface area contributed by atoms with Gasteiger partial charge >= 0.3 is 6.09 Å². The van der Waals surface area contributed by atoms with Crippen molar-refractivity contribution in [1.82, 2.24) is 4.90 Å². The summed E-state index contributed by atoms with van der Waals surface area (Å²) in [5, 5.41) is 10.6. The van der Waals surface area contributed by atoms with Crippen LogP contribution in [0.25, 0.3) is 0 Å². The molecule has 0 bridgehead atoms. The highest BCUT2D eigenvalue weighted by Gasteiger charge is 2.27. The first-order valence-electron chi connectivity index (χ1n) is 5.27. The summed E-state index contributed by atoms with van der Waals surface area (Å²) in [6.07, 6.45) is -0.772. The molecule has 5 nitrogen and oxygen atoms in total. The maximum Gasteiger partial charge on any atom is 0.410 e. The quantitative estimate of drug-likeness (QED) is 0.677. The Balaban J connectivity index is 2.72. The zero-order chi connectivity index (χ0) is 13.2. The minimum Gasteiger partial charge on any atom is -0.545 e. The van der Waals surface area contributed by atoms with E-state index in [1.54, 1.807) is 20.8 Å². The number of hydrogen-bond donors (Lipinski definition) is 0. The van der Waals surface area contributed by atoms with Crippen LogP contribution in [0.15, 0.2) is 11.4 Å². The number of aliphatic carboxylic acids is 1. The molecule has 1 heterocycles. The number of nitrogens with zero attached hydrogens (tertiary/aromatic N) is 1. The maximum atomic E-state index is 13.2. The molecule has 17 heavy (non-hydrogen) atoms. The topological polar surface area (TPSA) is 69.7 Å². The number of carbonyl (C=O) groups excluding carboxylic acids is 2. The molecule has 0 aromatic carbocycles. The Morgan fingerprint density at radius 2 is 2.00 bits per heavy atom. The summed E-state index contributed by atoms with van der Waals surface area (Å²) in [6, 6.07) is 0. The van der Waals surface area contributed by atoms with Gasteiger partial charge in [-0.05, 0) is 20.8 Å². The number of carboxylic acid groups (broad SMARTS) is 1. The Hall–Kier alpha value is -1.59. The molecule has 1 amide bonds. The summed E-state index contributed by atoms with van der Waals surface area (Å²) in [4.78, 5) is 23.4. The first kappa shape index (κ1) is 13.5. The van der Waals surface area contributed by atoms with Gasteiger partial charge in [0, 0.05) is 18.5 Å². The van der Waals surface area contributed by atoms with Gasteiger partial charge in [0.05, 0.1) is 12.5 Å². The molecule has 0 saturated carbocycles. The lowest BCUT2D eigenvalue weighted by Gasteiger charge is -2.31. The van der Waals surface area contributed by atoms with E-state index in [0.29, 0.717) is 0 Å². The van der Waals surface area contributed by atoms with Gasteiger partial charge in [-0.3, -0.25) is 0 Å². The molecule has 6 heteroatoms. The number of halogens is 1. The van der Waals surface area contributed by atoms with Crippen LogP contribution in [0.1, 0.15) is 27.2 Å². The molecular formula is C11H15FNO4-. The van der Waals surface area contributed by atoms with Crippen LogP contribution in [-0.2, 0) is 9.53 Å². The van der Waals surface area contributed by atoms with Crippen LogP contribution < -0.4 is 5.11 Å². The molecule has 0 unspecified atom stereocenters. The zero-order valence-corrected chi connectivity index (χ0v) is 10.1. The lowest BCUT2D eigenvalue weighted by molar-refractivity contribution is -0.299. The van der Waals surface area contributed by atoms with E-state index >= 15 is 0 Å². The van der Waals surface area contributed by atoms with Gasteiger partial charge in [0.25, 0.3) is 0 Å². The molecular weight excluding hydrogens is 229 g/mol. The fourth-order valence-corrected chi connectivity index (χ4v) is 1.40. The molecule has 0 aromatic rings. The molecule has 0 fully saturated rings. The van der Waals surface area contributed by atoms with Gasteiger partial charge in [0.2, 0.25) is 0 Å². The van der Waals surface area contributed by atoms with E-state index in [9.17, 15) is 19.1 Å². The van der Waals surface area contributed by atoms with Crippen molar-refractivity contribution in [3.05, 3.63) is 11.4 Å². The number of rotatable bonds is 1. The summed E-state index contributed by atoms with van der Waals surface area (Å²) in [6.45, 7) is 4.89. The highest BCUT2D eigenvalue weighted by atomic mass is 19.1. The summed E-state index contributed by atoms with van der Waals surface area (Å²) in [5.41, 5.74) is -1.15. The lowest BCUT2D eigenvalue weighted by atomic mass is 10.1. The van der Waals surface area contributed by atoms with Gasteiger partial charge in [-0.1, -0.05) is 0 Å². The second-order valence-corrected chi connectivity index (χ2v) is 4.82. The Kier molecular flexibility index (Phi) is 3.75. The van der Waals surface area contributed by atoms with E-state index in [4.69, 9.17) is 4.74 Å². The number of carbonyl (C=O) groups is 2. The molecule has 0 aromatic heterocycles. The Morgan fingerprint density at radius 3 is 2.47 bits per heavy atom. The van der Waals surface area contributed by atoms with Gasteiger partial charge in [-0.25, -0.2) is 9.18 Å². The summed E-state index contributed by atoms with van der Waals surface area (Å²) in [5.74, 6) is -2.32. The SMILES string of the molecule is CC(C)(C)OC(=O)N1CCC(F)=C(C(=O)[O-])C1. The molecule has 0 saturated heterocycles. The summed E-state index contributed by atoms with van der Waals surface area (Å²) < 4.78 is 18.2. The molecule has 0 aliphatic carbocycles. The molecule has 0 radical (unpaired) electrons. The fourth-order valence-electron chi connectivity index (χ4n) is 1.40. The van der Waals surface area contributed by atoms with E-state index in [2.05, 4.69) is 0 Å². The van der Waals surface area contributed by atoms with Gasteiger partial charge in [0.1, 0.15) is 11.4 Å². The number of carboxylic acids is 1. The van der Waals surface area contributed by atoms with Crippen molar-refractivity contribution in [1.29, 1.82) is 0 Å². The molecule has 1 rings (SSSR count). The van der Waals surface area contributed by atoms with Crippen molar-refractivity contribution in [2.24, 2.45) is 0 Å². The normalized spacial score (nSPS) is 17.1. The van der Waals surface area contributed by atoms with Crippen molar-refractivity contribution in [2.45, 2.75) is 32.8 Å². The van der Waals surface area contributed by atoms with Gasteiger partial charge in [-0.2, -0.15) is 0 Å². The standard InChI is InChI=1S/C11H16FNO4/c1-11(2,3)17-10(16)13-5-4-8(12)7(6-13)9(14)15/h4-6H2,1-3H3,(H,14,15)/p-1. The van der Waals surface area contributed by atoms with E-state index in [0.717, 1.165) is 4.90 Å². The van der Waals surface area contributed by atoms with E-state index in [1.165, 1.54) is 0 Å². The van der Waals surface area contributed by atoms with Crippen molar-refractivity contribution in [3.63, 3.8) is 0 Å². The minimum absolute atomic E-state index is 0.109. The maximum absolute atomic E-state index is 13.2. The third-order valence-electron chi connectivity index (χ3n) is 2.18. The van der Waals surface area contributed by atoms with Gasteiger partial charge in [-0.15, -0.1) is 0 Å². The minimum atomic E-state index is -1.59. The molecule has 1 aliphatic rings. The predicted molar refractivity (Wildman–Crippen MR) is 55.6 cm³/mol. The highest BCUT2D eigenvalue weighted by Crippen LogP contribution is 2.20. The van der Waals surface area contributed by atoms with Gasteiger partial charge < -0.3 is 19.5 Å². The van der Waals surface area contributed by atoms with Crippen molar-refractivity contribution >= 4 is 12.1 Å². The molecule has 1 aliphatic heterocycles. The molecule has 0 N–H and O–H groups in total. The van der Waals surface area contributed by atoms with Crippen LogP contribution in [0.3, 0.4) is 0 Å². The average molecular weight is 244 g/mol. The van der Waals surface area contributed by atoms with Crippen molar-refractivity contribution in [3.8, 4) is 0 Å². The van der Waals surface area contributed by atoms with Crippen LogP contribution >= 0.6 is 0 Å². The monoisotopic (exact) mass is 244 g/mol. The Morgan fingerprint density at radius 1 is 1.41 bits per heavy atom. The molecule has 96 valence electrons. The highest BCUT2D eigenvalue weighted by molar-refractivity contribution is 5.87. The first-order chi connectivity index (χ1) is 7.70. The predicted octanol–water partition coefficient (Wildman–Crippen LogP) is 0.601. The van der Waals surface area contributed by atoms with Crippen molar-refractivity contribution < 1.29 is 23.8 Å². The summed E-state index contributed by atoms with van der Waals surface area (Å²) >= 11 is 0. The van der Waals surface area contributed by atoms with Crippen LogP contribution in [0.5, 0.6) is 0 Å². The van der Waals surface area contributed by atoms with Crippen LogP contribution in [-0.4, -0.2) is 35.7 Å². The lowest BCUT2D eigenvalue weighted by Crippen LogP contribution is -2.43. The van der Waals surface area contributed by atoms with Crippen LogP contribution in [0.2, 0.25) is 0 Å². The largest absolute Gasteiger partial charge is 0.545 e. The second-order valence-electron chi connectivity index (χ2n) is 4.82. The Bertz CT molecular complexity index is 370. The third-order valence-corrected chi connectivity index (χ3v) is 2.18. The zero-order valence-electron chi connectivity index (χ0n) is 10.1. The van der Waals surface area contributed by atoms with E-state index in [1.807, 2.05) is 0 Å². The van der Waals surface area contributed by atoms with E-state index < -0.39 is 29.1 Å². The average Bonchev–Trinajstić information content (AvgIpc) is 2.14. The molecule has 0 spiro atoms. The van der Waals surface area contributed by atoms with Crippen LogP contribution in [0.4, 0.5) is 9.18 Å². The fraction of sp³-hybridized carbons (Fsp3) is 0.636. The van der Waals surface area contributed by atoms with Crippen molar-refractivity contribution in [2.75, 3.05) is 13.1 Å². The smallest absolute Gasteiger partial charge is 0.410 e. The molecule has 0 atom stereocenters. The number of hydrogen-bond acceptors (Lipinski definition) is 4. The first-order valence-corrected chi connectivity index (χ1v) is 5.27. The number of ether oxygens (including phenoxy) is 1. The second kappa shape index (κ2) is 4.73. The van der Waals surface area contributed by atoms with Crippen LogP contribution in [0, 0.1) is 0 Å². The summed E-state index contributed by atoms with van der Waals surface area (Å²) in [7, 11) is 0. The third kappa shape index (κ3) is 3.72. The number of amides is 1. The van der Waals surface area contributed by atoms with E-state index in [-0.39, 0.29) is 19.5 Å².